The Morgan fingerprint density at radius 2 is 2.38 bits per heavy atom. The molecule has 1 aromatic heterocycles. The van der Waals surface area contributed by atoms with E-state index in [1.807, 2.05) is 10.9 Å². The van der Waals surface area contributed by atoms with Gasteiger partial charge in [-0.2, -0.15) is 5.10 Å². The highest BCUT2D eigenvalue weighted by Gasteiger charge is 2.29. The third-order valence-corrected chi connectivity index (χ3v) is 3.36. The first-order chi connectivity index (χ1) is 7.79. The summed E-state index contributed by atoms with van der Waals surface area (Å²) >= 11 is 0. The molecule has 0 bridgehead atoms. The van der Waals surface area contributed by atoms with E-state index in [4.69, 9.17) is 0 Å². The summed E-state index contributed by atoms with van der Waals surface area (Å²) in [6, 6.07) is 0.763. The smallest absolute Gasteiger partial charge is 0.0518 e. The van der Waals surface area contributed by atoms with E-state index in [0.717, 1.165) is 25.0 Å². The molecule has 0 amide bonds. The fourth-order valence-corrected chi connectivity index (χ4v) is 2.26. The van der Waals surface area contributed by atoms with Crippen molar-refractivity contribution in [3.8, 4) is 0 Å². The summed E-state index contributed by atoms with van der Waals surface area (Å²) < 4.78 is 2.04. The predicted molar refractivity (Wildman–Crippen MR) is 66.4 cm³/mol. The number of aromatic nitrogens is 2. The Morgan fingerprint density at radius 1 is 1.56 bits per heavy atom. The molecule has 0 spiro atoms. The van der Waals surface area contributed by atoms with Crippen LogP contribution < -0.4 is 5.32 Å². The van der Waals surface area contributed by atoms with E-state index < -0.39 is 0 Å². The molecule has 1 fully saturated rings. The van der Waals surface area contributed by atoms with Gasteiger partial charge in [0.15, 0.2) is 0 Å². The number of aryl methyl sites for hydroxylation is 2. The highest BCUT2D eigenvalue weighted by molar-refractivity contribution is 4.99. The maximum Gasteiger partial charge on any atom is 0.0518 e. The lowest BCUT2D eigenvalue weighted by molar-refractivity contribution is 0.431. The fraction of sp³-hybridized carbons (Fsp3) is 0.769. The largest absolute Gasteiger partial charge is 0.314 e. The van der Waals surface area contributed by atoms with Gasteiger partial charge in [-0.25, -0.2) is 0 Å². The van der Waals surface area contributed by atoms with Gasteiger partial charge in [-0.15, -0.1) is 0 Å². The van der Waals surface area contributed by atoms with E-state index >= 15 is 0 Å². The second kappa shape index (κ2) is 5.48. The zero-order valence-electron chi connectivity index (χ0n) is 10.4. The Bertz CT molecular complexity index is 315. The average Bonchev–Trinajstić information content (AvgIpc) is 3.03. The van der Waals surface area contributed by atoms with Crippen molar-refractivity contribution in [3.05, 3.63) is 18.0 Å². The minimum atomic E-state index is 0.763. The van der Waals surface area contributed by atoms with E-state index in [0.29, 0.717) is 0 Å². The number of nitrogens with zero attached hydrogens (tertiary/aromatic N) is 2. The molecule has 3 heteroatoms. The topological polar surface area (TPSA) is 29.9 Å². The lowest BCUT2D eigenvalue weighted by Gasteiger charge is -2.15. The molecule has 16 heavy (non-hydrogen) atoms. The average molecular weight is 221 g/mol. The van der Waals surface area contributed by atoms with Gasteiger partial charge in [-0.3, -0.25) is 4.68 Å². The van der Waals surface area contributed by atoms with Gasteiger partial charge in [0.05, 0.1) is 6.20 Å². The van der Waals surface area contributed by atoms with Crippen molar-refractivity contribution in [1.82, 2.24) is 15.1 Å². The molecule has 1 aromatic rings. The summed E-state index contributed by atoms with van der Waals surface area (Å²) in [4.78, 5) is 0. The van der Waals surface area contributed by atoms with Gasteiger partial charge in [-0.1, -0.05) is 6.92 Å². The second-order valence-corrected chi connectivity index (χ2v) is 4.94. The Kier molecular flexibility index (Phi) is 3.99. The van der Waals surface area contributed by atoms with Crippen molar-refractivity contribution in [3.63, 3.8) is 0 Å². The van der Waals surface area contributed by atoms with Gasteiger partial charge in [0.1, 0.15) is 0 Å². The third-order valence-electron chi connectivity index (χ3n) is 3.36. The van der Waals surface area contributed by atoms with Crippen LogP contribution >= 0.6 is 0 Å². The van der Waals surface area contributed by atoms with E-state index in [1.54, 1.807) is 0 Å². The quantitative estimate of drug-likeness (QED) is 0.716. The minimum Gasteiger partial charge on any atom is -0.314 e. The highest BCUT2D eigenvalue weighted by Crippen LogP contribution is 2.33. The molecule has 0 aromatic carbocycles. The maximum atomic E-state index is 4.29. The van der Waals surface area contributed by atoms with Gasteiger partial charge in [0, 0.05) is 18.8 Å². The maximum absolute atomic E-state index is 4.29. The van der Waals surface area contributed by atoms with Gasteiger partial charge in [-0.05, 0) is 50.6 Å². The fourth-order valence-electron chi connectivity index (χ4n) is 2.26. The second-order valence-electron chi connectivity index (χ2n) is 4.94. The molecule has 1 atom stereocenters. The van der Waals surface area contributed by atoms with Crippen LogP contribution in [0.15, 0.2) is 12.4 Å². The van der Waals surface area contributed by atoms with Crippen LogP contribution in [0.4, 0.5) is 0 Å². The van der Waals surface area contributed by atoms with E-state index in [9.17, 15) is 0 Å². The van der Waals surface area contributed by atoms with Crippen molar-refractivity contribution in [1.29, 1.82) is 0 Å². The molecule has 1 aliphatic rings. The lowest BCUT2D eigenvalue weighted by Crippen LogP contribution is -2.31. The van der Waals surface area contributed by atoms with Gasteiger partial charge in [0.25, 0.3) is 0 Å². The molecule has 3 nitrogen and oxygen atoms in total. The molecule has 1 unspecified atom stereocenters. The Balaban J connectivity index is 1.60. The van der Waals surface area contributed by atoms with Crippen LogP contribution in [0, 0.1) is 12.8 Å². The first-order valence-corrected chi connectivity index (χ1v) is 6.52. The van der Waals surface area contributed by atoms with E-state index in [-0.39, 0.29) is 0 Å². The normalized spacial score (nSPS) is 17.6. The number of rotatable bonds is 7. The number of hydrogen-bond donors (Lipinski definition) is 1. The summed E-state index contributed by atoms with van der Waals surface area (Å²) in [6.45, 7) is 6.52. The molecule has 0 aliphatic heterocycles. The van der Waals surface area contributed by atoms with Crippen molar-refractivity contribution >= 4 is 0 Å². The van der Waals surface area contributed by atoms with Crippen LogP contribution in [0.5, 0.6) is 0 Å². The first-order valence-electron chi connectivity index (χ1n) is 6.52. The van der Waals surface area contributed by atoms with Crippen molar-refractivity contribution in [2.45, 2.75) is 52.1 Å². The molecular formula is C13H23N3. The Morgan fingerprint density at radius 3 is 2.94 bits per heavy atom. The Labute approximate surface area is 98.2 Å². The van der Waals surface area contributed by atoms with Gasteiger partial charge >= 0.3 is 0 Å². The summed E-state index contributed by atoms with van der Waals surface area (Å²) in [5.41, 5.74) is 1.25. The van der Waals surface area contributed by atoms with Crippen LogP contribution in [-0.4, -0.2) is 22.4 Å². The van der Waals surface area contributed by atoms with E-state index in [2.05, 4.69) is 30.5 Å². The van der Waals surface area contributed by atoms with Crippen LogP contribution in [0.1, 0.15) is 38.2 Å². The predicted octanol–water partition coefficient (Wildman–Crippen LogP) is 2.36. The summed E-state index contributed by atoms with van der Waals surface area (Å²) in [5.74, 6) is 0.969. The number of hydrogen-bond acceptors (Lipinski definition) is 2. The highest BCUT2D eigenvalue weighted by atomic mass is 15.3. The van der Waals surface area contributed by atoms with Crippen LogP contribution in [0.2, 0.25) is 0 Å². The summed E-state index contributed by atoms with van der Waals surface area (Å²) in [5, 5.41) is 7.96. The molecule has 2 rings (SSSR count). The summed E-state index contributed by atoms with van der Waals surface area (Å²) in [6.07, 6.45) is 9.34. The van der Waals surface area contributed by atoms with Crippen LogP contribution in [0.25, 0.3) is 0 Å². The standard InChI is InChI=1S/C13H23N3/c1-3-13(12-5-6-12)14-7-4-8-16-10-11(2)9-15-16/h9-10,12-14H,3-8H2,1-2H3. The molecule has 1 N–H and O–H groups in total. The van der Waals surface area contributed by atoms with Gasteiger partial charge < -0.3 is 5.32 Å². The zero-order valence-corrected chi connectivity index (χ0v) is 10.4. The Hall–Kier alpha value is -0.830. The van der Waals surface area contributed by atoms with Gasteiger partial charge in [0.2, 0.25) is 0 Å². The van der Waals surface area contributed by atoms with E-state index in [1.165, 1.54) is 31.2 Å². The third kappa shape index (κ3) is 3.34. The zero-order chi connectivity index (χ0) is 11.4. The monoisotopic (exact) mass is 221 g/mol. The molecule has 1 saturated carbocycles. The van der Waals surface area contributed by atoms with Crippen LogP contribution in [0.3, 0.4) is 0 Å². The summed E-state index contributed by atoms with van der Waals surface area (Å²) in [7, 11) is 0. The molecule has 90 valence electrons. The molecular weight excluding hydrogens is 198 g/mol. The minimum absolute atomic E-state index is 0.763. The lowest BCUT2D eigenvalue weighted by atomic mass is 10.1. The molecule has 0 saturated heterocycles. The molecule has 0 radical (unpaired) electrons. The van der Waals surface area contributed by atoms with Crippen molar-refractivity contribution in [2.24, 2.45) is 5.92 Å². The number of nitrogens with one attached hydrogen (secondary N) is 1. The van der Waals surface area contributed by atoms with Crippen molar-refractivity contribution in [2.75, 3.05) is 6.54 Å². The molecule has 1 heterocycles. The van der Waals surface area contributed by atoms with Crippen LogP contribution in [-0.2, 0) is 6.54 Å². The van der Waals surface area contributed by atoms with Crippen molar-refractivity contribution < 1.29 is 0 Å². The first kappa shape index (κ1) is 11.6. The molecule has 1 aliphatic carbocycles. The SMILES string of the molecule is CCC(NCCCn1cc(C)cn1)C1CC1.